The van der Waals surface area contributed by atoms with Gasteiger partial charge in [-0.3, -0.25) is 0 Å². The molecule has 0 spiro atoms. The molecule has 0 atom stereocenters. The van der Waals surface area contributed by atoms with Crippen molar-refractivity contribution in [1.82, 2.24) is 9.97 Å². The zero-order valence-corrected chi connectivity index (χ0v) is 16.2. The number of rotatable bonds is 7. The number of hydrogen-bond donors (Lipinski definition) is 1. The molecule has 0 aliphatic carbocycles. The normalized spacial score (nSPS) is 10.4. The van der Waals surface area contributed by atoms with Crippen LogP contribution >= 0.6 is 0 Å². The third-order valence-corrected chi connectivity index (χ3v) is 4.35. The molecule has 0 radical (unpaired) electrons. The smallest absolute Gasteiger partial charge is 0.227 e. The molecule has 0 fully saturated rings. The second kappa shape index (κ2) is 8.89. The molecule has 4 rings (SSSR count). The fourth-order valence-electron chi connectivity index (χ4n) is 2.91. The minimum Gasteiger partial charge on any atom is -0.457 e. The van der Waals surface area contributed by atoms with Crippen LogP contribution < -0.4 is 15.0 Å². The molecule has 4 aromatic rings. The topological polar surface area (TPSA) is 50.3 Å². The molecule has 3 aromatic carbocycles. The van der Waals surface area contributed by atoms with Crippen LogP contribution in [0.3, 0.4) is 0 Å². The van der Waals surface area contributed by atoms with Gasteiger partial charge in [-0.1, -0.05) is 48.5 Å². The van der Waals surface area contributed by atoms with Crippen LogP contribution in [0.25, 0.3) is 0 Å². The molecule has 0 saturated heterocycles. The van der Waals surface area contributed by atoms with Crippen molar-refractivity contribution in [2.24, 2.45) is 0 Å². The molecule has 5 nitrogen and oxygen atoms in total. The zero-order chi connectivity index (χ0) is 19.9. The maximum absolute atomic E-state index is 5.83. The number of benzene rings is 3. The Morgan fingerprint density at radius 3 is 2.17 bits per heavy atom. The summed E-state index contributed by atoms with van der Waals surface area (Å²) in [5.41, 5.74) is 2.15. The van der Waals surface area contributed by atoms with Gasteiger partial charge in [-0.15, -0.1) is 0 Å². The average Bonchev–Trinajstić information content (AvgIpc) is 2.77. The standard InChI is InChI=1S/C24H22N4O/c1-28(18-19-8-4-2-5-9-19)24-25-17-16-23(27-24)26-20-12-14-22(15-13-20)29-21-10-6-3-7-11-21/h2-17H,18H2,1H3,(H,25,26,27). The number of para-hydroxylation sites is 1. The van der Waals surface area contributed by atoms with Gasteiger partial charge >= 0.3 is 0 Å². The van der Waals surface area contributed by atoms with Crippen molar-refractivity contribution in [3.63, 3.8) is 0 Å². The highest BCUT2D eigenvalue weighted by Crippen LogP contribution is 2.24. The highest BCUT2D eigenvalue weighted by atomic mass is 16.5. The van der Waals surface area contributed by atoms with E-state index in [0.29, 0.717) is 5.95 Å². The van der Waals surface area contributed by atoms with Crippen LogP contribution in [0, 0.1) is 0 Å². The van der Waals surface area contributed by atoms with Gasteiger partial charge in [-0.25, -0.2) is 4.98 Å². The number of nitrogens with one attached hydrogen (secondary N) is 1. The van der Waals surface area contributed by atoms with E-state index in [1.165, 1.54) is 5.56 Å². The Kier molecular flexibility index (Phi) is 5.67. The van der Waals surface area contributed by atoms with Crippen molar-refractivity contribution in [3.8, 4) is 11.5 Å². The number of anilines is 3. The molecule has 1 heterocycles. The Balaban J connectivity index is 1.41. The fraction of sp³-hybridized carbons (Fsp3) is 0.0833. The van der Waals surface area contributed by atoms with E-state index in [0.717, 1.165) is 29.5 Å². The van der Waals surface area contributed by atoms with Crippen LogP contribution in [0.4, 0.5) is 17.5 Å². The van der Waals surface area contributed by atoms with Crippen LogP contribution in [0.5, 0.6) is 11.5 Å². The summed E-state index contributed by atoms with van der Waals surface area (Å²) < 4.78 is 5.83. The molecule has 0 saturated carbocycles. The van der Waals surface area contributed by atoms with E-state index in [4.69, 9.17) is 4.74 Å². The van der Waals surface area contributed by atoms with E-state index in [1.54, 1.807) is 6.20 Å². The second-order valence-corrected chi connectivity index (χ2v) is 6.65. The largest absolute Gasteiger partial charge is 0.457 e. The van der Waals surface area contributed by atoms with Crippen molar-refractivity contribution >= 4 is 17.5 Å². The van der Waals surface area contributed by atoms with E-state index in [2.05, 4.69) is 27.4 Å². The van der Waals surface area contributed by atoms with E-state index < -0.39 is 0 Å². The van der Waals surface area contributed by atoms with Crippen LogP contribution in [-0.4, -0.2) is 17.0 Å². The van der Waals surface area contributed by atoms with E-state index in [-0.39, 0.29) is 0 Å². The van der Waals surface area contributed by atoms with E-state index >= 15 is 0 Å². The first-order valence-corrected chi connectivity index (χ1v) is 9.44. The molecule has 1 N–H and O–H groups in total. The lowest BCUT2D eigenvalue weighted by Gasteiger charge is -2.18. The van der Waals surface area contributed by atoms with Gasteiger partial charge in [0.05, 0.1) is 0 Å². The van der Waals surface area contributed by atoms with Gasteiger partial charge in [-0.05, 0) is 48.0 Å². The number of hydrogen-bond acceptors (Lipinski definition) is 5. The average molecular weight is 382 g/mol. The Labute approximate surface area is 170 Å². The lowest BCUT2D eigenvalue weighted by atomic mass is 10.2. The predicted octanol–water partition coefficient (Wildman–Crippen LogP) is 5.65. The van der Waals surface area contributed by atoms with Crippen molar-refractivity contribution < 1.29 is 4.74 Å². The van der Waals surface area contributed by atoms with Crippen LogP contribution in [0.2, 0.25) is 0 Å². The maximum atomic E-state index is 5.83. The first kappa shape index (κ1) is 18.5. The van der Waals surface area contributed by atoms with Gasteiger partial charge in [0.2, 0.25) is 5.95 Å². The molecule has 0 aliphatic heterocycles. The molecule has 0 aliphatic rings. The van der Waals surface area contributed by atoms with Gasteiger partial charge in [0, 0.05) is 25.5 Å². The molecule has 5 heteroatoms. The molecule has 29 heavy (non-hydrogen) atoms. The minimum absolute atomic E-state index is 0.669. The summed E-state index contributed by atoms with van der Waals surface area (Å²) in [4.78, 5) is 11.0. The summed E-state index contributed by atoms with van der Waals surface area (Å²) in [5, 5.41) is 3.32. The third-order valence-electron chi connectivity index (χ3n) is 4.35. The van der Waals surface area contributed by atoms with Crippen molar-refractivity contribution in [3.05, 3.63) is 103 Å². The number of aromatic nitrogens is 2. The van der Waals surface area contributed by atoms with E-state index in [9.17, 15) is 0 Å². The Hall–Kier alpha value is -3.86. The van der Waals surface area contributed by atoms with Crippen LogP contribution in [0.15, 0.2) is 97.2 Å². The molecular formula is C24H22N4O. The Bertz CT molecular complexity index is 1040. The van der Waals surface area contributed by atoms with Gasteiger partial charge < -0.3 is 15.0 Å². The highest BCUT2D eigenvalue weighted by Gasteiger charge is 2.07. The van der Waals surface area contributed by atoms with Crippen molar-refractivity contribution in [2.45, 2.75) is 6.54 Å². The molecule has 1 aromatic heterocycles. The molecule has 144 valence electrons. The highest BCUT2D eigenvalue weighted by molar-refractivity contribution is 5.58. The Morgan fingerprint density at radius 1 is 0.793 bits per heavy atom. The van der Waals surface area contributed by atoms with Crippen molar-refractivity contribution in [2.75, 3.05) is 17.3 Å². The molecule has 0 bridgehead atoms. The number of ether oxygens (including phenoxy) is 1. The second-order valence-electron chi connectivity index (χ2n) is 6.65. The van der Waals surface area contributed by atoms with Crippen LogP contribution in [0.1, 0.15) is 5.56 Å². The number of nitrogens with zero attached hydrogens (tertiary/aromatic N) is 3. The SMILES string of the molecule is CN(Cc1ccccc1)c1nccc(Nc2ccc(Oc3ccccc3)cc2)n1. The maximum Gasteiger partial charge on any atom is 0.227 e. The minimum atomic E-state index is 0.669. The first-order valence-electron chi connectivity index (χ1n) is 9.44. The van der Waals surface area contributed by atoms with Gasteiger partial charge in [-0.2, -0.15) is 4.98 Å². The molecule has 0 amide bonds. The Morgan fingerprint density at radius 2 is 1.45 bits per heavy atom. The lowest BCUT2D eigenvalue weighted by Crippen LogP contribution is -2.19. The first-order chi connectivity index (χ1) is 14.3. The summed E-state index contributed by atoms with van der Waals surface area (Å²) in [6.45, 7) is 0.746. The van der Waals surface area contributed by atoms with Gasteiger partial charge in [0.25, 0.3) is 0 Å². The van der Waals surface area contributed by atoms with Crippen LogP contribution in [-0.2, 0) is 6.54 Å². The molecule has 0 unspecified atom stereocenters. The van der Waals surface area contributed by atoms with Crippen molar-refractivity contribution in [1.29, 1.82) is 0 Å². The van der Waals surface area contributed by atoms with Gasteiger partial charge in [0.1, 0.15) is 17.3 Å². The molecular weight excluding hydrogens is 360 g/mol. The summed E-state index contributed by atoms with van der Waals surface area (Å²) in [6.07, 6.45) is 1.76. The third kappa shape index (κ3) is 5.11. The predicted molar refractivity (Wildman–Crippen MR) is 117 cm³/mol. The summed E-state index contributed by atoms with van der Waals surface area (Å²) in [5.74, 6) is 3.01. The van der Waals surface area contributed by atoms with E-state index in [1.807, 2.05) is 90.8 Å². The lowest BCUT2D eigenvalue weighted by molar-refractivity contribution is 0.483. The summed E-state index contributed by atoms with van der Waals surface area (Å²) >= 11 is 0. The quantitative estimate of drug-likeness (QED) is 0.448. The summed E-state index contributed by atoms with van der Waals surface area (Å²) in [6, 6.07) is 29.7. The van der Waals surface area contributed by atoms with Gasteiger partial charge in [0.15, 0.2) is 0 Å². The monoisotopic (exact) mass is 382 g/mol. The summed E-state index contributed by atoms with van der Waals surface area (Å²) in [7, 11) is 1.99. The zero-order valence-electron chi connectivity index (χ0n) is 16.2. The fourth-order valence-corrected chi connectivity index (χ4v) is 2.91.